The van der Waals surface area contributed by atoms with Gasteiger partial charge >= 0.3 is 0 Å². The second-order valence-electron chi connectivity index (χ2n) is 5.23. The Morgan fingerprint density at radius 2 is 2.00 bits per heavy atom. The van der Waals surface area contributed by atoms with E-state index in [0.717, 1.165) is 5.56 Å². The largest absolute Gasteiger partial charge is 0.496 e. The number of hydrogen-bond acceptors (Lipinski definition) is 5. The van der Waals surface area contributed by atoms with Crippen LogP contribution in [0.5, 0.6) is 5.75 Å². The molecule has 0 radical (unpaired) electrons. The monoisotopic (exact) mass is 326 g/mol. The fourth-order valence-corrected chi connectivity index (χ4v) is 4.00. The Balaban J connectivity index is 1.94. The maximum Gasteiger partial charge on any atom is 0.269 e. The SMILES string of the molecule is COc1cc(C(=O)NNC(=O)[C@H]2CCS(=O)(=O)C2)ccc1C. The Morgan fingerprint density at radius 3 is 2.59 bits per heavy atom. The van der Waals surface area contributed by atoms with Crippen molar-refractivity contribution in [2.45, 2.75) is 13.3 Å². The van der Waals surface area contributed by atoms with E-state index in [2.05, 4.69) is 10.9 Å². The molecule has 1 fully saturated rings. The molecule has 0 aliphatic carbocycles. The van der Waals surface area contributed by atoms with Crippen LogP contribution < -0.4 is 15.6 Å². The van der Waals surface area contributed by atoms with Gasteiger partial charge in [0.25, 0.3) is 5.91 Å². The third-order valence-electron chi connectivity index (χ3n) is 3.57. The number of carbonyl (C=O) groups excluding carboxylic acids is 2. The summed E-state index contributed by atoms with van der Waals surface area (Å²) >= 11 is 0. The summed E-state index contributed by atoms with van der Waals surface area (Å²) in [7, 11) is -1.63. The second-order valence-corrected chi connectivity index (χ2v) is 7.46. The molecule has 1 heterocycles. The smallest absolute Gasteiger partial charge is 0.269 e. The van der Waals surface area contributed by atoms with Crippen molar-refractivity contribution in [2.24, 2.45) is 5.92 Å². The van der Waals surface area contributed by atoms with Crippen LogP contribution in [0, 0.1) is 12.8 Å². The predicted octanol–water partition coefficient (Wildman–Crippen LogP) is 0.199. The first-order chi connectivity index (χ1) is 10.3. The molecule has 0 saturated carbocycles. The van der Waals surface area contributed by atoms with Crippen LogP contribution in [0.2, 0.25) is 0 Å². The Morgan fingerprint density at radius 1 is 1.27 bits per heavy atom. The molecule has 8 heteroatoms. The van der Waals surface area contributed by atoms with Crippen LogP contribution in [-0.4, -0.2) is 38.8 Å². The third kappa shape index (κ3) is 3.76. The number of hydrogen-bond donors (Lipinski definition) is 2. The number of nitrogens with one attached hydrogen (secondary N) is 2. The highest BCUT2D eigenvalue weighted by molar-refractivity contribution is 7.91. The fraction of sp³-hybridized carbons (Fsp3) is 0.429. The molecule has 1 atom stereocenters. The molecule has 0 bridgehead atoms. The first-order valence-electron chi connectivity index (χ1n) is 6.77. The molecule has 1 aromatic carbocycles. The van der Waals surface area contributed by atoms with Crippen molar-refractivity contribution in [1.82, 2.24) is 10.9 Å². The number of carbonyl (C=O) groups is 2. The Hall–Kier alpha value is -2.09. The first kappa shape index (κ1) is 16.3. The van der Waals surface area contributed by atoms with Crippen molar-refractivity contribution >= 4 is 21.7 Å². The van der Waals surface area contributed by atoms with Gasteiger partial charge in [-0.15, -0.1) is 0 Å². The van der Waals surface area contributed by atoms with Gasteiger partial charge in [0, 0.05) is 5.56 Å². The second kappa shape index (κ2) is 6.35. The van der Waals surface area contributed by atoms with E-state index >= 15 is 0 Å². The molecule has 1 aliphatic heterocycles. The molecule has 2 rings (SSSR count). The van der Waals surface area contributed by atoms with Crippen LogP contribution in [0.15, 0.2) is 18.2 Å². The minimum atomic E-state index is -3.14. The lowest BCUT2D eigenvalue weighted by Gasteiger charge is -2.11. The standard InChI is InChI=1S/C14H18N2O5S/c1-9-3-4-10(7-12(9)21-2)13(17)15-16-14(18)11-5-6-22(19,20)8-11/h3-4,7,11H,5-6,8H2,1-2H3,(H,15,17)(H,16,18)/t11-/m0/s1. The molecule has 1 aromatic rings. The van der Waals surface area contributed by atoms with Gasteiger partial charge in [-0.1, -0.05) is 6.07 Å². The molecule has 1 aliphatic rings. The number of benzene rings is 1. The molecule has 0 unspecified atom stereocenters. The lowest BCUT2D eigenvalue weighted by atomic mass is 10.1. The quantitative estimate of drug-likeness (QED) is 0.773. The summed E-state index contributed by atoms with van der Waals surface area (Å²) in [6, 6.07) is 4.91. The molecular weight excluding hydrogens is 308 g/mol. The fourth-order valence-electron chi connectivity index (χ4n) is 2.26. The van der Waals surface area contributed by atoms with Crippen LogP contribution in [0.1, 0.15) is 22.3 Å². The van der Waals surface area contributed by atoms with Gasteiger partial charge in [0.1, 0.15) is 5.75 Å². The summed E-state index contributed by atoms with van der Waals surface area (Å²) < 4.78 is 27.8. The maximum atomic E-state index is 12.0. The molecule has 0 aromatic heterocycles. The van der Waals surface area contributed by atoms with Crippen LogP contribution >= 0.6 is 0 Å². The predicted molar refractivity (Wildman–Crippen MR) is 80.1 cm³/mol. The van der Waals surface area contributed by atoms with Gasteiger partial charge < -0.3 is 4.74 Å². The Kier molecular flexibility index (Phi) is 4.70. The zero-order valence-corrected chi connectivity index (χ0v) is 13.2. The summed E-state index contributed by atoms with van der Waals surface area (Å²) in [5.41, 5.74) is 5.78. The van der Waals surface area contributed by atoms with Crippen LogP contribution in [0.4, 0.5) is 0 Å². The first-order valence-corrected chi connectivity index (χ1v) is 8.60. The van der Waals surface area contributed by atoms with E-state index in [-0.39, 0.29) is 17.9 Å². The molecule has 22 heavy (non-hydrogen) atoms. The van der Waals surface area contributed by atoms with Crippen LogP contribution in [-0.2, 0) is 14.6 Å². The van der Waals surface area contributed by atoms with Crippen molar-refractivity contribution in [3.8, 4) is 5.75 Å². The van der Waals surface area contributed by atoms with Crippen LogP contribution in [0.25, 0.3) is 0 Å². The highest BCUT2D eigenvalue weighted by atomic mass is 32.2. The maximum absolute atomic E-state index is 12.0. The number of sulfone groups is 1. The summed E-state index contributed by atoms with van der Waals surface area (Å²) in [5, 5.41) is 0. The molecule has 7 nitrogen and oxygen atoms in total. The molecule has 0 spiro atoms. The number of rotatable bonds is 3. The normalized spacial score (nSPS) is 19.5. The van der Waals surface area contributed by atoms with E-state index in [1.54, 1.807) is 18.2 Å². The number of aryl methyl sites for hydroxylation is 1. The van der Waals surface area contributed by atoms with Gasteiger partial charge in [-0.3, -0.25) is 20.4 Å². The number of ether oxygens (including phenoxy) is 1. The topological polar surface area (TPSA) is 102 Å². The van der Waals surface area contributed by atoms with Gasteiger partial charge in [0.05, 0.1) is 24.5 Å². The average Bonchev–Trinajstić information content (AvgIpc) is 2.85. The van der Waals surface area contributed by atoms with E-state index in [1.807, 2.05) is 6.92 Å². The van der Waals surface area contributed by atoms with Gasteiger partial charge in [0.2, 0.25) is 5.91 Å². The summed E-state index contributed by atoms with van der Waals surface area (Å²) in [6.45, 7) is 1.85. The zero-order chi connectivity index (χ0) is 16.3. The average molecular weight is 326 g/mol. The van der Waals surface area contributed by atoms with E-state index in [4.69, 9.17) is 4.74 Å². The lowest BCUT2D eigenvalue weighted by molar-refractivity contribution is -0.125. The minimum Gasteiger partial charge on any atom is -0.496 e. The Bertz CT molecular complexity index is 699. The molecule has 120 valence electrons. The van der Waals surface area contributed by atoms with Gasteiger partial charge in [-0.05, 0) is 31.0 Å². The van der Waals surface area contributed by atoms with Gasteiger partial charge in [-0.2, -0.15) is 0 Å². The molecular formula is C14H18N2O5S. The molecule has 2 N–H and O–H groups in total. The summed E-state index contributed by atoms with van der Waals surface area (Å²) in [6.07, 6.45) is 0.280. The molecule has 1 saturated heterocycles. The van der Waals surface area contributed by atoms with Crippen molar-refractivity contribution < 1.29 is 22.7 Å². The van der Waals surface area contributed by atoms with Crippen molar-refractivity contribution in [2.75, 3.05) is 18.6 Å². The molecule has 2 amide bonds. The third-order valence-corrected chi connectivity index (χ3v) is 5.34. The van der Waals surface area contributed by atoms with E-state index < -0.39 is 27.6 Å². The number of methoxy groups -OCH3 is 1. The number of hydrazine groups is 1. The van der Waals surface area contributed by atoms with E-state index in [0.29, 0.717) is 11.3 Å². The van der Waals surface area contributed by atoms with E-state index in [9.17, 15) is 18.0 Å². The van der Waals surface area contributed by atoms with Crippen molar-refractivity contribution in [3.05, 3.63) is 29.3 Å². The summed E-state index contributed by atoms with van der Waals surface area (Å²) in [4.78, 5) is 23.8. The zero-order valence-electron chi connectivity index (χ0n) is 12.4. The number of amides is 2. The summed E-state index contributed by atoms with van der Waals surface area (Å²) in [5.74, 6) is -1.19. The van der Waals surface area contributed by atoms with Gasteiger partial charge in [-0.25, -0.2) is 8.42 Å². The van der Waals surface area contributed by atoms with Crippen molar-refractivity contribution in [3.63, 3.8) is 0 Å². The highest BCUT2D eigenvalue weighted by Crippen LogP contribution is 2.19. The highest BCUT2D eigenvalue weighted by Gasteiger charge is 2.33. The van der Waals surface area contributed by atoms with Gasteiger partial charge in [0.15, 0.2) is 9.84 Å². The minimum absolute atomic E-state index is 0.00813. The van der Waals surface area contributed by atoms with Crippen molar-refractivity contribution in [1.29, 1.82) is 0 Å². The van der Waals surface area contributed by atoms with E-state index in [1.165, 1.54) is 7.11 Å². The Labute approximate surface area is 128 Å². The van der Waals surface area contributed by atoms with Crippen LogP contribution in [0.3, 0.4) is 0 Å². The lowest BCUT2D eigenvalue weighted by Crippen LogP contribution is -2.44.